The molecule has 0 radical (unpaired) electrons. The van der Waals surface area contributed by atoms with Crippen LogP contribution in [0.3, 0.4) is 0 Å². The van der Waals surface area contributed by atoms with Crippen LogP contribution in [0.15, 0.2) is 35.8 Å². The van der Waals surface area contributed by atoms with Gasteiger partial charge in [-0.05, 0) is 81.6 Å². The van der Waals surface area contributed by atoms with Crippen LogP contribution in [0.1, 0.15) is 175 Å². The molecule has 2 bridgehead atoms. The number of allylic oxidation sites excluding steroid dienone is 4. The van der Waals surface area contributed by atoms with Crippen molar-refractivity contribution in [2.45, 2.75) is 187 Å². The number of hydrogen-bond donors (Lipinski definition) is 1. The van der Waals surface area contributed by atoms with E-state index in [4.69, 9.17) is 14.2 Å². The van der Waals surface area contributed by atoms with Gasteiger partial charge >= 0.3 is 6.16 Å². The van der Waals surface area contributed by atoms with Gasteiger partial charge in [0.1, 0.15) is 11.9 Å². The normalized spacial score (nSPS) is 35.6. The van der Waals surface area contributed by atoms with E-state index in [1.165, 1.54) is 103 Å². The number of ether oxygens (including phenoxy) is 3. The maximum absolute atomic E-state index is 13.1. The molecule has 1 heterocycles. The van der Waals surface area contributed by atoms with E-state index in [2.05, 4.69) is 39.0 Å². The fraction of sp³-hybridized carbons (Fsp3) is 0.841. The molecular formula is C44H70O5. The Morgan fingerprint density at radius 3 is 2.16 bits per heavy atom. The van der Waals surface area contributed by atoms with Gasteiger partial charge in [0, 0.05) is 22.7 Å². The molecule has 0 aromatic carbocycles. The molecule has 276 valence electrons. The van der Waals surface area contributed by atoms with Gasteiger partial charge < -0.3 is 19.3 Å². The molecule has 5 unspecified atom stereocenters. The minimum absolute atomic E-state index is 0.0542. The largest absolute Gasteiger partial charge is 0.513 e. The lowest BCUT2D eigenvalue weighted by atomic mass is 9.30. The van der Waals surface area contributed by atoms with Gasteiger partial charge in [0.15, 0.2) is 5.76 Å². The minimum Gasteiger partial charge on any atom is -0.490 e. The molecule has 7 rings (SSSR count). The summed E-state index contributed by atoms with van der Waals surface area (Å²) in [6.45, 7) is 7.27. The van der Waals surface area contributed by atoms with Crippen molar-refractivity contribution in [3.8, 4) is 0 Å². The Kier molecular flexibility index (Phi) is 12.6. The van der Waals surface area contributed by atoms with E-state index < -0.39 is 11.8 Å². The third kappa shape index (κ3) is 7.45. The monoisotopic (exact) mass is 679 g/mol. The Bertz CT molecular complexity index is 1180. The summed E-state index contributed by atoms with van der Waals surface area (Å²) in [5.41, 5.74) is -1.19. The van der Waals surface area contributed by atoms with Crippen LogP contribution in [0.25, 0.3) is 0 Å². The Balaban J connectivity index is 0.938. The molecular weight excluding hydrogens is 608 g/mol. The molecule has 1 aliphatic heterocycles. The molecule has 49 heavy (non-hydrogen) atoms. The number of carbonyl (C=O) groups excluding carboxylic acids is 1. The van der Waals surface area contributed by atoms with E-state index in [-0.39, 0.29) is 34.7 Å². The molecule has 5 heteroatoms. The van der Waals surface area contributed by atoms with Crippen LogP contribution in [0.4, 0.5) is 4.79 Å². The Morgan fingerprint density at radius 2 is 1.55 bits per heavy atom. The molecule has 7 aliphatic rings. The lowest BCUT2D eigenvalue weighted by Crippen LogP contribution is -2.79. The van der Waals surface area contributed by atoms with Crippen molar-refractivity contribution in [1.82, 2.24) is 0 Å². The average Bonchev–Trinajstić information content (AvgIpc) is 3.88. The average molecular weight is 679 g/mol. The van der Waals surface area contributed by atoms with Crippen LogP contribution in [-0.4, -0.2) is 29.6 Å². The quantitative estimate of drug-likeness (QED) is 0.0701. The van der Waals surface area contributed by atoms with Crippen LogP contribution in [0.5, 0.6) is 0 Å². The molecule has 0 aromatic heterocycles. The summed E-state index contributed by atoms with van der Waals surface area (Å²) < 4.78 is 18.4. The zero-order chi connectivity index (χ0) is 34.3. The van der Waals surface area contributed by atoms with Crippen LogP contribution in [0, 0.1) is 40.4 Å². The second kappa shape index (κ2) is 16.7. The van der Waals surface area contributed by atoms with Crippen molar-refractivity contribution in [2.75, 3.05) is 6.61 Å². The van der Waals surface area contributed by atoms with Gasteiger partial charge in [0.05, 0.1) is 12.2 Å². The van der Waals surface area contributed by atoms with Gasteiger partial charge in [0.2, 0.25) is 0 Å². The second-order valence-electron chi connectivity index (χ2n) is 17.4. The third-order valence-corrected chi connectivity index (χ3v) is 14.2. The smallest absolute Gasteiger partial charge is 0.490 e. The zero-order valence-electron chi connectivity index (χ0n) is 31.5. The number of hydrogen-bond acceptors (Lipinski definition) is 5. The summed E-state index contributed by atoms with van der Waals surface area (Å²) in [5, 5.41) is 13.1. The molecule has 5 saturated carbocycles. The number of aliphatic hydroxyl groups is 1. The van der Waals surface area contributed by atoms with Crippen molar-refractivity contribution in [1.29, 1.82) is 0 Å². The number of unbranched alkanes of at least 4 members (excludes halogenated alkanes) is 15. The fourth-order valence-electron chi connectivity index (χ4n) is 11.4. The lowest BCUT2D eigenvalue weighted by Gasteiger charge is -2.74. The van der Waals surface area contributed by atoms with Gasteiger partial charge in [0.25, 0.3) is 0 Å². The maximum Gasteiger partial charge on any atom is 0.513 e. The Morgan fingerprint density at radius 1 is 0.918 bits per heavy atom. The first-order valence-electron chi connectivity index (χ1n) is 21.2. The van der Waals surface area contributed by atoms with Gasteiger partial charge in [-0.25, -0.2) is 4.79 Å². The van der Waals surface area contributed by atoms with Crippen molar-refractivity contribution in [3.63, 3.8) is 0 Å². The van der Waals surface area contributed by atoms with Crippen LogP contribution >= 0.6 is 0 Å². The van der Waals surface area contributed by atoms with Gasteiger partial charge in [-0.3, -0.25) is 0 Å². The standard InChI is InChI=1S/C44H70O5/c1-4-6-7-8-9-10-11-12-13-14-15-16-17-18-19-20-30-47-41(45)48-37-27-26-35-31-36(23-21-22-34-24-25-34)44(46)42(5-2)29-28-33(3)40-43(44,32-42)38(35)39(37)49-40/h21,23,26-27,33-36,38,40,46H,4-20,22,24-25,28-32H2,1-3H3/b23-21+/t33?,35?,36?,38?,40-,42?,43-,44-/m0/s1. The summed E-state index contributed by atoms with van der Waals surface area (Å²) in [7, 11) is 0. The first-order valence-corrected chi connectivity index (χ1v) is 21.2. The summed E-state index contributed by atoms with van der Waals surface area (Å²) >= 11 is 0. The van der Waals surface area contributed by atoms with Gasteiger partial charge in [-0.15, -0.1) is 0 Å². The van der Waals surface area contributed by atoms with Crippen molar-refractivity contribution in [3.05, 3.63) is 35.8 Å². The summed E-state index contributed by atoms with van der Waals surface area (Å²) in [6, 6.07) is 0. The molecule has 1 spiro atoms. The summed E-state index contributed by atoms with van der Waals surface area (Å²) in [5.74, 6) is 2.97. The predicted molar refractivity (Wildman–Crippen MR) is 198 cm³/mol. The molecule has 1 N–H and O–H groups in total. The van der Waals surface area contributed by atoms with E-state index in [1.54, 1.807) is 0 Å². The minimum atomic E-state index is -0.794. The molecule has 0 amide bonds. The molecule has 6 fully saturated rings. The second-order valence-corrected chi connectivity index (χ2v) is 17.4. The molecule has 5 nitrogen and oxygen atoms in total. The van der Waals surface area contributed by atoms with Gasteiger partial charge in [-0.1, -0.05) is 135 Å². The van der Waals surface area contributed by atoms with Gasteiger partial charge in [-0.2, -0.15) is 0 Å². The Hall–Kier alpha value is -1.75. The SMILES string of the molecule is CCCCCCCCCCCCCCCCCCOC(=O)OC1=C2O[C@H]3C(C)CCC4(CC)C[C@]35C2C(C=C1)CC(/C=C/CC1CC1)[C@]45O. The van der Waals surface area contributed by atoms with Crippen LogP contribution in [0.2, 0.25) is 0 Å². The lowest BCUT2D eigenvalue weighted by molar-refractivity contribution is -0.335. The molecule has 1 saturated heterocycles. The van der Waals surface area contributed by atoms with E-state index in [0.717, 1.165) is 63.0 Å². The highest BCUT2D eigenvalue weighted by Crippen LogP contribution is 2.82. The Labute approximate surface area is 299 Å². The molecule has 6 aliphatic carbocycles. The topological polar surface area (TPSA) is 65.0 Å². The first kappa shape index (κ1) is 37.0. The third-order valence-electron chi connectivity index (χ3n) is 14.2. The highest BCUT2D eigenvalue weighted by atomic mass is 16.7. The van der Waals surface area contributed by atoms with Crippen LogP contribution < -0.4 is 0 Å². The predicted octanol–water partition coefficient (Wildman–Crippen LogP) is 12.1. The molecule has 0 aromatic rings. The maximum atomic E-state index is 13.1. The highest BCUT2D eigenvalue weighted by molar-refractivity contribution is 5.62. The van der Waals surface area contributed by atoms with Crippen molar-refractivity contribution in [2.24, 2.45) is 40.4 Å². The zero-order valence-corrected chi connectivity index (χ0v) is 31.5. The van der Waals surface area contributed by atoms with Crippen LogP contribution in [-0.2, 0) is 14.2 Å². The van der Waals surface area contributed by atoms with E-state index in [1.807, 2.05) is 6.08 Å². The van der Waals surface area contributed by atoms with E-state index in [0.29, 0.717) is 18.3 Å². The van der Waals surface area contributed by atoms with Crippen molar-refractivity contribution >= 4 is 6.16 Å². The number of carbonyl (C=O) groups is 1. The summed E-state index contributed by atoms with van der Waals surface area (Å²) in [4.78, 5) is 12.9. The van der Waals surface area contributed by atoms with E-state index >= 15 is 0 Å². The summed E-state index contributed by atoms with van der Waals surface area (Å²) in [6.07, 6.45) is 38.3. The highest BCUT2D eigenvalue weighted by Gasteiger charge is 2.85. The first-order chi connectivity index (χ1) is 23.9. The van der Waals surface area contributed by atoms with E-state index in [9.17, 15) is 9.90 Å². The number of fused-ring (bicyclic) bond motifs is 2. The molecule has 8 atom stereocenters. The number of rotatable bonds is 22. The van der Waals surface area contributed by atoms with Crippen molar-refractivity contribution < 1.29 is 24.1 Å². The fourth-order valence-corrected chi connectivity index (χ4v) is 11.4.